The monoisotopic (exact) mass is 434 g/mol. The summed E-state index contributed by atoms with van der Waals surface area (Å²) in [7, 11) is 1.55. The molecule has 158 valence electrons. The molecule has 1 aliphatic heterocycles. The molecule has 30 heavy (non-hydrogen) atoms. The number of thioether (sulfide) groups is 1. The van der Waals surface area contributed by atoms with E-state index < -0.39 is 17.8 Å². The Kier molecular flexibility index (Phi) is 5.75. The van der Waals surface area contributed by atoms with Crippen LogP contribution in [0.2, 0.25) is 0 Å². The van der Waals surface area contributed by atoms with E-state index in [4.69, 9.17) is 0 Å². The lowest BCUT2D eigenvalue weighted by Gasteiger charge is -2.24. The van der Waals surface area contributed by atoms with Gasteiger partial charge in [0.05, 0.1) is 22.6 Å². The van der Waals surface area contributed by atoms with Crippen molar-refractivity contribution in [2.45, 2.75) is 35.6 Å². The predicted molar refractivity (Wildman–Crippen MR) is 110 cm³/mol. The molecule has 2 atom stereocenters. The van der Waals surface area contributed by atoms with E-state index in [1.54, 1.807) is 13.1 Å². The number of aromatic nitrogens is 2. The van der Waals surface area contributed by atoms with Crippen molar-refractivity contribution in [1.29, 1.82) is 0 Å². The van der Waals surface area contributed by atoms with E-state index in [0.717, 1.165) is 22.3 Å². The first-order valence-corrected chi connectivity index (χ1v) is 10.5. The third-order valence-corrected chi connectivity index (χ3v) is 6.35. The van der Waals surface area contributed by atoms with Gasteiger partial charge < -0.3 is 10.3 Å². The van der Waals surface area contributed by atoms with Gasteiger partial charge in [0.2, 0.25) is 5.91 Å². The first-order chi connectivity index (χ1) is 14.3. The molecule has 0 bridgehead atoms. The SMILES string of the molecule is CNC(=O)[C@@H]1C[C@H](Sc2nc3ccccc3[nH]2)CN1Cc1ccccc1C(F)(F)F. The van der Waals surface area contributed by atoms with Gasteiger partial charge in [-0.15, -0.1) is 0 Å². The van der Waals surface area contributed by atoms with Gasteiger partial charge in [-0.25, -0.2) is 4.98 Å². The minimum Gasteiger partial charge on any atom is -0.358 e. The number of para-hydroxylation sites is 2. The Balaban J connectivity index is 1.54. The summed E-state index contributed by atoms with van der Waals surface area (Å²) in [6.07, 6.45) is -3.89. The summed E-state index contributed by atoms with van der Waals surface area (Å²) in [6.45, 7) is 0.553. The zero-order chi connectivity index (χ0) is 21.3. The number of carbonyl (C=O) groups is 1. The zero-order valence-electron chi connectivity index (χ0n) is 16.2. The molecule has 3 aromatic rings. The topological polar surface area (TPSA) is 61.0 Å². The van der Waals surface area contributed by atoms with Gasteiger partial charge in [-0.1, -0.05) is 42.1 Å². The second-order valence-corrected chi connectivity index (χ2v) is 8.54. The van der Waals surface area contributed by atoms with E-state index in [1.165, 1.54) is 23.9 Å². The summed E-state index contributed by atoms with van der Waals surface area (Å²) < 4.78 is 40.2. The number of rotatable bonds is 5. The van der Waals surface area contributed by atoms with Crippen molar-refractivity contribution in [2.75, 3.05) is 13.6 Å². The molecule has 5 nitrogen and oxygen atoms in total. The molecule has 2 aromatic carbocycles. The molecule has 1 fully saturated rings. The van der Waals surface area contributed by atoms with Crippen LogP contribution in [0, 0.1) is 0 Å². The highest BCUT2D eigenvalue weighted by Crippen LogP contribution is 2.36. The summed E-state index contributed by atoms with van der Waals surface area (Å²) in [5, 5.41) is 3.42. The lowest BCUT2D eigenvalue weighted by molar-refractivity contribution is -0.138. The van der Waals surface area contributed by atoms with Crippen molar-refractivity contribution < 1.29 is 18.0 Å². The van der Waals surface area contributed by atoms with Gasteiger partial charge >= 0.3 is 6.18 Å². The maximum atomic E-state index is 13.4. The number of H-pyrrole nitrogens is 1. The Morgan fingerprint density at radius 1 is 1.23 bits per heavy atom. The van der Waals surface area contributed by atoms with Crippen LogP contribution in [0.1, 0.15) is 17.5 Å². The Morgan fingerprint density at radius 2 is 1.97 bits per heavy atom. The molecular formula is C21H21F3N4OS. The minimum atomic E-state index is -4.43. The number of hydrogen-bond acceptors (Lipinski definition) is 4. The molecule has 2 heterocycles. The number of nitrogens with one attached hydrogen (secondary N) is 2. The van der Waals surface area contributed by atoms with Gasteiger partial charge in [0.25, 0.3) is 0 Å². The van der Waals surface area contributed by atoms with Crippen LogP contribution in [0.25, 0.3) is 11.0 Å². The van der Waals surface area contributed by atoms with Gasteiger partial charge in [-0.2, -0.15) is 13.2 Å². The summed E-state index contributed by atoms with van der Waals surface area (Å²) in [5.41, 5.74) is 1.30. The van der Waals surface area contributed by atoms with E-state index in [2.05, 4.69) is 15.3 Å². The number of halogens is 3. The summed E-state index contributed by atoms with van der Waals surface area (Å²) in [6, 6.07) is 12.7. The van der Waals surface area contributed by atoms with Crippen molar-refractivity contribution >= 4 is 28.7 Å². The minimum absolute atomic E-state index is 0.0333. The van der Waals surface area contributed by atoms with Crippen molar-refractivity contribution in [3.63, 3.8) is 0 Å². The van der Waals surface area contributed by atoms with Crippen molar-refractivity contribution in [2.24, 2.45) is 0 Å². The highest BCUT2D eigenvalue weighted by Gasteiger charge is 2.39. The van der Waals surface area contributed by atoms with E-state index in [-0.39, 0.29) is 23.3 Å². The Labute approximate surface area is 176 Å². The van der Waals surface area contributed by atoms with E-state index in [1.807, 2.05) is 29.2 Å². The fraction of sp³-hybridized carbons (Fsp3) is 0.333. The number of aromatic amines is 1. The van der Waals surface area contributed by atoms with Crippen LogP contribution in [0.4, 0.5) is 13.2 Å². The average Bonchev–Trinajstić information content (AvgIpc) is 3.30. The number of carbonyl (C=O) groups excluding carboxylic acids is 1. The fourth-order valence-corrected chi connectivity index (χ4v) is 5.04. The van der Waals surface area contributed by atoms with Crippen molar-refractivity contribution in [3.05, 3.63) is 59.7 Å². The smallest absolute Gasteiger partial charge is 0.358 e. The van der Waals surface area contributed by atoms with Gasteiger partial charge in [-0.3, -0.25) is 9.69 Å². The van der Waals surface area contributed by atoms with Crippen LogP contribution in [0.3, 0.4) is 0 Å². The third-order valence-electron chi connectivity index (χ3n) is 5.26. The molecule has 1 amide bonds. The van der Waals surface area contributed by atoms with Crippen LogP contribution in [-0.2, 0) is 17.5 Å². The number of imidazole rings is 1. The van der Waals surface area contributed by atoms with Crippen LogP contribution < -0.4 is 5.32 Å². The van der Waals surface area contributed by atoms with Crippen LogP contribution in [-0.4, -0.2) is 45.7 Å². The Hall–Kier alpha value is -2.52. The third kappa shape index (κ3) is 4.32. The Bertz CT molecular complexity index is 1020. The van der Waals surface area contributed by atoms with Crippen LogP contribution in [0.15, 0.2) is 53.7 Å². The molecule has 0 saturated carbocycles. The fourth-order valence-electron chi connectivity index (χ4n) is 3.86. The maximum absolute atomic E-state index is 13.4. The van der Waals surface area contributed by atoms with Gasteiger partial charge in [0, 0.05) is 25.4 Å². The number of likely N-dealkylation sites (N-methyl/N-ethyl adjacent to an activating group) is 1. The standard InChI is InChI=1S/C21H21F3N4OS/c1-25-19(29)18-10-14(30-20-26-16-8-4-5-9-17(16)27-20)12-28(18)11-13-6-2-3-7-15(13)21(22,23)24/h2-9,14,18H,10-12H2,1H3,(H,25,29)(H,26,27)/t14-,18-/m0/s1. The van der Waals surface area contributed by atoms with E-state index in [0.29, 0.717) is 13.0 Å². The quantitative estimate of drug-likeness (QED) is 0.636. The lowest BCUT2D eigenvalue weighted by atomic mass is 10.1. The second-order valence-electron chi connectivity index (χ2n) is 7.25. The summed E-state index contributed by atoms with van der Waals surface area (Å²) >= 11 is 1.52. The molecule has 0 radical (unpaired) electrons. The molecule has 0 aliphatic carbocycles. The van der Waals surface area contributed by atoms with Crippen LogP contribution >= 0.6 is 11.8 Å². The predicted octanol–water partition coefficient (Wildman–Crippen LogP) is 4.06. The highest BCUT2D eigenvalue weighted by atomic mass is 32.2. The van der Waals surface area contributed by atoms with E-state index >= 15 is 0 Å². The number of likely N-dealkylation sites (tertiary alicyclic amines) is 1. The average molecular weight is 434 g/mol. The maximum Gasteiger partial charge on any atom is 0.416 e. The normalized spacial score (nSPS) is 20.0. The van der Waals surface area contributed by atoms with Crippen molar-refractivity contribution in [3.8, 4) is 0 Å². The van der Waals surface area contributed by atoms with Crippen LogP contribution in [0.5, 0.6) is 0 Å². The molecule has 0 unspecified atom stereocenters. The van der Waals surface area contributed by atoms with Crippen molar-refractivity contribution in [1.82, 2.24) is 20.2 Å². The highest BCUT2D eigenvalue weighted by molar-refractivity contribution is 7.99. The second kappa shape index (κ2) is 8.31. The number of nitrogens with zero attached hydrogens (tertiary/aromatic N) is 2. The zero-order valence-corrected chi connectivity index (χ0v) is 17.1. The van der Waals surface area contributed by atoms with E-state index in [9.17, 15) is 18.0 Å². The molecular weight excluding hydrogens is 413 g/mol. The number of benzene rings is 2. The molecule has 1 saturated heterocycles. The number of alkyl halides is 3. The molecule has 9 heteroatoms. The van der Waals surface area contributed by atoms with Gasteiger partial charge in [-0.05, 0) is 30.2 Å². The Morgan fingerprint density at radius 3 is 2.70 bits per heavy atom. The first-order valence-electron chi connectivity index (χ1n) is 9.57. The molecule has 1 aliphatic rings. The largest absolute Gasteiger partial charge is 0.416 e. The van der Waals surface area contributed by atoms with Gasteiger partial charge in [0.15, 0.2) is 5.16 Å². The lowest BCUT2D eigenvalue weighted by Crippen LogP contribution is -2.41. The number of hydrogen-bond donors (Lipinski definition) is 2. The number of amides is 1. The summed E-state index contributed by atoms with van der Waals surface area (Å²) in [5.74, 6) is -0.188. The van der Waals surface area contributed by atoms with Gasteiger partial charge in [0.1, 0.15) is 0 Å². The number of fused-ring (bicyclic) bond motifs is 1. The molecule has 2 N–H and O–H groups in total. The molecule has 1 aromatic heterocycles. The molecule has 4 rings (SSSR count). The summed E-state index contributed by atoms with van der Waals surface area (Å²) in [4.78, 5) is 22.1. The molecule has 0 spiro atoms. The first kappa shape index (κ1) is 20.7.